The van der Waals surface area contributed by atoms with E-state index in [9.17, 15) is 18.0 Å². The molecule has 7 nitrogen and oxygen atoms in total. The normalized spacial score (nSPS) is 19.4. The van der Waals surface area contributed by atoms with Gasteiger partial charge in [-0.25, -0.2) is 8.42 Å². The lowest BCUT2D eigenvalue weighted by Gasteiger charge is -2.27. The molecule has 1 unspecified atom stereocenters. The Labute approximate surface area is 186 Å². The van der Waals surface area contributed by atoms with Gasteiger partial charge in [0.2, 0.25) is 21.8 Å². The van der Waals surface area contributed by atoms with E-state index in [2.05, 4.69) is 10.6 Å². The molecule has 4 rings (SSSR count). The first-order valence-electron chi connectivity index (χ1n) is 10.3. The second kappa shape index (κ2) is 9.02. The van der Waals surface area contributed by atoms with E-state index < -0.39 is 15.3 Å². The number of fused-ring (bicyclic) bond motifs is 1. The molecule has 1 saturated heterocycles. The summed E-state index contributed by atoms with van der Waals surface area (Å²) in [7, 11) is -3.61. The molecule has 0 saturated carbocycles. The summed E-state index contributed by atoms with van der Waals surface area (Å²) < 4.78 is 27.7. The van der Waals surface area contributed by atoms with Crippen LogP contribution < -0.4 is 10.6 Å². The Balaban J connectivity index is 1.47. The summed E-state index contributed by atoms with van der Waals surface area (Å²) in [6, 6.07) is 12.4. The fourth-order valence-corrected chi connectivity index (χ4v) is 6.69. The van der Waals surface area contributed by atoms with Crippen molar-refractivity contribution < 1.29 is 18.0 Å². The van der Waals surface area contributed by atoms with Crippen LogP contribution in [0.4, 0.5) is 11.4 Å². The maximum Gasteiger partial charge on any atom is 0.243 e. The molecule has 2 amide bonds. The van der Waals surface area contributed by atoms with Crippen LogP contribution in [0.1, 0.15) is 31.2 Å². The second-order valence-electron chi connectivity index (χ2n) is 7.79. The third-order valence-electron chi connectivity index (χ3n) is 5.48. The van der Waals surface area contributed by atoms with Crippen LogP contribution in [0.25, 0.3) is 0 Å². The minimum Gasteiger partial charge on any atom is -0.326 e. The van der Waals surface area contributed by atoms with Crippen LogP contribution in [0.15, 0.2) is 52.3 Å². The standard InChI is InChI=1S/C22H25N3O4S2/c1-15-9-10-16(13-20(15)31(28,29)25-11-5-2-6-12-25)23-21(26)14-19-22(27)24-17-7-3-4-8-18(17)30-19/h3-4,7-10,13,19H,2,5-6,11-12,14H2,1H3,(H,23,26)(H,24,27). The Morgan fingerprint density at radius 2 is 1.90 bits per heavy atom. The van der Waals surface area contributed by atoms with E-state index in [0.717, 1.165) is 29.8 Å². The topological polar surface area (TPSA) is 95.6 Å². The number of aryl methyl sites for hydroxylation is 1. The first-order chi connectivity index (χ1) is 14.8. The van der Waals surface area contributed by atoms with Crippen LogP contribution >= 0.6 is 11.8 Å². The SMILES string of the molecule is Cc1ccc(NC(=O)CC2Sc3ccccc3NC2=O)cc1S(=O)(=O)N1CCCCC1. The smallest absolute Gasteiger partial charge is 0.243 e. The molecule has 9 heteroatoms. The average molecular weight is 460 g/mol. The lowest BCUT2D eigenvalue weighted by Crippen LogP contribution is -2.36. The molecule has 0 bridgehead atoms. The number of nitrogens with one attached hydrogen (secondary N) is 2. The number of rotatable bonds is 5. The summed E-state index contributed by atoms with van der Waals surface area (Å²) in [5.41, 5.74) is 1.80. The summed E-state index contributed by atoms with van der Waals surface area (Å²) >= 11 is 1.36. The molecular formula is C22H25N3O4S2. The predicted molar refractivity (Wildman–Crippen MR) is 122 cm³/mol. The number of thioether (sulfide) groups is 1. The van der Waals surface area contributed by atoms with Crippen LogP contribution in [0.2, 0.25) is 0 Å². The molecule has 2 heterocycles. The zero-order chi connectivity index (χ0) is 22.0. The number of amides is 2. The molecule has 0 aromatic heterocycles. The first-order valence-corrected chi connectivity index (χ1v) is 12.6. The van der Waals surface area contributed by atoms with Gasteiger partial charge in [0, 0.05) is 30.1 Å². The fourth-order valence-electron chi connectivity index (χ4n) is 3.81. The molecule has 2 aromatic carbocycles. The monoisotopic (exact) mass is 459 g/mol. The van der Waals surface area contributed by atoms with E-state index >= 15 is 0 Å². The number of piperidine rings is 1. The molecule has 1 atom stereocenters. The lowest BCUT2D eigenvalue weighted by molar-refractivity contribution is -0.120. The second-order valence-corrected chi connectivity index (χ2v) is 10.9. The van der Waals surface area contributed by atoms with Gasteiger partial charge in [0.1, 0.15) is 0 Å². The van der Waals surface area contributed by atoms with Gasteiger partial charge in [-0.3, -0.25) is 9.59 Å². The third kappa shape index (κ3) is 4.78. The molecule has 2 aliphatic heterocycles. The predicted octanol–water partition coefficient (Wildman–Crippen LogP) is 3.61. The number of anilines is 2. The molecule has 2 aliphatic rings. The third-order valence-corrected chi connectivity index (χ3v) is 8.80. The molecule has 2 aromatic rings. The minimum atomic E-state index is -3.61. The van der Waals surface area contributed by atoms with E-state index in [1.807, 2.05) is 24.3 Å². The van der Waals surface area contributed by atoms with Crippen molar-refractivity contribution in [3.05, 3.63) is 48.0 Å². The Bertz CT molecular complexity index is 1110. The highest BCUT2D eigenvalue weighted by Crippen LogP contribution is 2.36. The van der Waals surface area contributed by atoms with Gasteiger partial charge in [0.25, 0.3) is 0 Å². The van der Waals surface area contributed by atoms with Crippen molar-refractivity contribution in [2.24, 2.45) is 0 Å². The number of carbonyl (C=O) groups is 2. The van der Waals surface area contributed by atoms with Gasteiger partial charge in [0.15, 0.2) is 0 Å². The zero-order valence-corrected chi connectivity index (χ0v) is 18.9. The Hall–Kier alpha value is -2.36. The number of sulfonamides is 1. The number of hydrogen-bond acceptors (Lipinski definition) is 5. The number of hydrogen-bond donors (Lipinski definition) is 2. The van der Waals surface area contributed by atoms with Crippen LogP contribution in [0.5, 0.6) is 0 Å². The summed E-state index contributed by atoms with van der Waals surface area (Å²) in [6.45, 7) is 2.80. The van der Waals surface area contributed by atoms with Crippen molar-refractivity contribution in [2.45, 2.75) is 47.6 Å². The highest BCUT2D eigenvalue weighted by Gasteiger charge is 2.30. The van der Waals surface area contributed by atoms with Gasteiger partial charge in [0.05, 0.1) is 15.8 Å². The Kier molecular flexibility index (Phi) is 6.36. The van der Waals surface area contributed by atoms with Crippen molar-refractivity contribution in [3.8, 4) is 0 Å². The van der Waals surface area contributed by atoms with Crippen LogP contribution in [-0.4, -0.2) is 42.9 Å². The average Bonchev–Trinajstić information content (AvgIpc) is 2.76. The van der Waals surface area contributed by atoms with E-state index in [1.165, 1.54) is 22.1 Å². The molecule has 164 valence electrons. The van der Waals surface area contributed by atoms with Crippen molar-refractivity contribution in [2.75, 3.05) is 23.7 Å². The van der Waals surface area contributed by atoms with Gasteiger partial charge in [-0.15, -0.1) is 11.8 Å². The van der Waals surface area contributed by atoms with Gasteiger partial charge < -0.3 is 10.6 Å². The summed E-state index contributed by atoms with van der Waals surface area (Å²) in [5, 5.41) is 5.04. The zero-order valence-electron chi connectivity index (χ0n) is 17.3. The summed E-state index contributed by atoms with van der Waals surface area (Å²) in [6.07, 6.45) is 2.75. The Morgan fingerprint density at radius 3 is 2.68 bits per heavy atom. The lowest BCUT2D eigenvalue weighted by atomic mass is 10.2. The van der Waals surface area contributed by atoms with Crippen molar-refractivity contribution in [3.63, 3.8) is 0 Å². The Morgan fingerprint density at radius 1 is 1.16 bits per heavy atom. The molecule has 2 N–H and O–H groups in total. The van der Waals surface area contributed by atoms with Crippen LogP contribution in [-0.2, 0) is 19.6 Å². The maximum atomic E-state index is 13.1. The van der Waals surface area contributed by atoms with Crippen LogP contribution in [0.3, 0.4) is 0 Å². The minimum absolute atomic E-state index is 0.00702. The van der Waals surface area contributed by atoms with E-state index in [1.54, 1.807) is 19.1 Å². The highest BCUT2D eigenvalue weighted by atomic mass is 32.2. The summed E-state index contributed by atoms with van der Waals surface area (Å²) in [5.74, 6) is -0.548. The van der Waals surface area contributed by atoms with Gasteiger partial charge >= 0.3 is 0 Å². The van der Waals surface area contributed by atoms with Crippen molar-refractivity contribution in [1.29, 1.82) is 0 Å². The number of carbonyl (C=O) groups excluding carboxylic acids is 2. The van der Waals surface area contributed by atoms with Gasteiger partial charge in [-0.05, 0) is 49.6 Å². The van der Waals surface area contributed by atoms with E-state index in [-0.39, 0.29) is 23.1 Å². The molecule has 31 heavy (non-hydrogen) atoms. The van der Waals surface area contributed by atoms with E-state index in [4.69, 9.17) is 0 Å². The largest absolute Gasteiger partial charge is 0.326 e. The summed E-state index contributed by atoms with van der Waals surface area (Å²) in [4.78, 5) is 26.1. The molecule has 0 spiro atoms. The first kappa shape index (κ1) is 21.9. The molecule has 0 aliphatic carbocycles. The molecular weight excluding hydrogens is 434 g/mol. The quantitative estimate of drug-likeness (QED) is 0.712. The van der Waals surface area contributed by atoms with Crippen LogP contribution in [0, 0.1) is 6.92 Å². The number of nitrogens with zero attached hydrogens (tertiary/aromatic N) is 1. The molecule has 1 fully saturated rings. The van der Waals surface area contributed by atoms with E-state index in [0.29, 0.717) is 24.3 Å². The van der Waals surface area contributed by atoms with Crippen molar-refractivity contribution in [1.82, 2.24) is 4.31 Å². The van der Waals surface area contributed by atoms with Gasteiger partial charge in [-0.2, -0.15) is 4.31 Å². The number of benzene rings is 2. The number of para-hydroxylation sites is 1. The van der Waals surface area contributed by atoms with Gasteiger partial charge in [-0.1, -0.05) is 24.6 Å². The van der Waals surface area contributed by atoms with Crippen molar-refractivity contribution >= 4 is 45.0 Å². The maximum absolute atomic E-state index is 13.1. The highest BCUT2D eigenvalue weighted by molar-refractivity contribution is 8.01. The molecule has 0 radical (unpaired) electrons. The fraction of sp³-hybridized carbons (Fsp3) is 0.364.